The van der Waals surface area contributed by atoms with Gasteiger partial charge in [-0.1, -0.05) is 12.8 Å². The van der Waals surface area contributed by atoms with E-state index in [0.717, 1.165) is 25.7 Å². The van der Waals surface area contributed by atoms with Gasteiger partial charge in [0, 0.05) is 18.7 Å². The molecule has 3 N–H and O–H groups in total. The third kappa shape index (κ3) is 4.05. The second-order valence-corrected chi connectivity index (χ2v) is 9.38. The Balaban J connectivity index is 1.75. The fraction of sp³-hybridized carbons (Fsp3) is 0.333. The van der Waals surface area contributed by atoms with Crippen LogP contribution in [-0.2, 0) is 10.0 Å². The van der Waals surface area contributed by atoms with Gasteiger partial charge in [-0.3, -0.25) is 9.59 Å². The lowest BCUT2D eigenvalue weighted by Gasteiger charge is -2.23. The summed E-state index contributed by atoms with van der Waals surface area (Å²) in [5.41, 5.74) is 5.80. The van der Waals surface area contributed by atoms with Crippen LogP contribution in [-0.4, -0.2) is 37.6 Å². The van der Waals surface area contributed by atoms with Gasteiger partial charge in [-0.05, 0) is 48.6 Å². The molecule has 1 aliphatic rings. The third-order valence-electron chi connectivity index (χ3n) is 4.79. The highest BCUT2D eigenvalue weighted by molar-refractivity contribution is 7.89. The first kappa shape index (κ1) is 19.5. The SMILES string of the molecule is CN(C1CCCC1)S(=O)(=O)c1ccc(C(=O)Nc2sccc2C(N)=O)cc1. The number of hydrogen-bond donors (Lipinski definition) is 2. The number of rotatable bonds is 6. The van der Waals surface area contributed by atoms with Crippen molar-refractivity contribution < 1.29 is 18.0 Å². The number of carbonyl (C=O) groups excluding carboxylic acids is 2. The molecule has 7 nitrogen and oxygen atoms in total. The first-order valence-electron chi connectivity index (χ1n) is 8.57. The summed E-state index contributed by atoms with van der Waals surface area (Å²) in [6, 6.07) is 7.35. The Labute approximate surface area is 162 Å². The molecule has 0 atom stereocenters. The van der Waals surface area contributed by atoms with Crippen molar-refractivity contribution in [3.63, 3.8) is 0 Å². The summed E-state index contributed by atoms with van der Waals surface area (Å²) < 4.78 is 26.9. The van der Waals surface area contributed by atoms with E-state index in [9.17, 15) is 18.0 Å². The van der Waals surface area contributed by atoms with Crippen molar-refractivity contribution in [3.8, 4) is 0 Å². The molecule has 0 spiro atoms. The predicted octanol–water partition coefficient (Wildman–Crippen LogP) is 2.66. The molecule has 0 saturated heterocycles. The normalized spacial score (nSPS) is 15.2. The summed E-state index contributed by atoms with van der Waals surface area (Å²) in [5, 5.41) is 4.66. The molecule has 1 fully saturated rings. The monoisotopic (exact) mass is 407 g/mol. The van der Waals surface area contributed by atoms with Gasteiger partial charge in [0.05, 0.1) is 10.5 Å². The topological polar surface area (TPSA) is 110 Å². The maximum atomic E-state index is 12.8. The zero-order valence-corrected chi connectivity index (χ0v) is 16.5. The van der Waals surface area contributed by atoms with Crippen molar-refractivity contribution in [1.29, 1.82) is 0 Å². The van der Waals surface area contributed by atoms with Crippen LogP contribution in [0.4, 0.5) is 5.00 Å². The number of thiophene rings is 1. The summed E-state index contributed by atoms with van der Waals surface area (Å²) in [6.45, 7) is 0. The van der Waals surface area contributed by atoms with E-state index in [0.29, 0.717) is 10.6 Å². The Bertz CT molecular complexity index is 945. The Hall–Kier alpha value is -2.23. The maximum absolute atomic E-state index is 12.8. The largest absolute Gasteiger partial charge is 0.366 e. The van der Waals surface area contributed by atoms with E-state index >= 15 is 0 Å². The molecule has 0 aliphatic heterocycles. The molecule has 1 aliphatic carbocycles. The predicted molar refractivity (Wildman–Crippen MR) is 104 cm³/mol. The molecule has 0 unspecified atom stereocenters. The minimum atomic E-state index is -3.59. The highest BCUT2D eigenvalue weighted by Crippen LogP contribution is 2.28. The Morgan fingerprint density at radius 3 is 2.37 bits per heavy atom. The van der Waals surface area contributed by atoms with Crippen LogP contribution in [0.2, 0.25) is 0 Å². The molecule has 1 aromatic heterocycles. The third-order valence-corrected chi connectivity index (χ3v) is 7.54. The molecule has 144 valence electrons. The molecule has 2 aromatic rings. The van der Waals surface area contributed by atoms with Crippen LogP contribution in [0.3, 0.4) is 0 Å². The van der Waals surface area contributed by atoms with Gasteiger partial charge in [0.15, 0.2) is 0 Å². The summed E-state index contributed by atoms with van der Waals surface area (Å²) >= 11 is 1.19. The second-order valence-electron chi connectivity index (χ2n) is 6.47. The molecule has 1 saturated carbocycles. The van der Waals surface area contributed by atoms with Crippen molar-refractivity contribution >= 4 is 38.2 Å². The molecule has 9 heteroatoms. The van der Waals surface area contributed by atoms with Crippen molar-refractivity contribution in [3.05, 3.63) is 46.8 Å². The van der Waals surface area contributed by atoms with Gasteiger partial charge >= 0.3 is 0 Å². The molecular weight excluding hydrogens is 386 g/mol. The van der Waals surface area contributed by atoms with Crippen molar-refractivity contribution in [2.45, 2.75) is 36.6 Å². The fourth-order valence-corrected chi connectivity index (χ4v) is 5.39. The van der Waals surface area contributed by atoms with Crippen LogP contribution in [0.25, 0.3) is 0 Å². The molecule has 3 rings (SSSR count). The van der Waals surface area contributed by atoms with Crippen LogP contribution < -0.4 is 11.1 Å². The van der Waals surface area contributed by atoms with Crippen LogP contribution >= 0.6 is 11.3 Å². The number of nitrogens with one attached hydrogen (secondary N) is 1. The number of amides is 2. The Morgan fingerprint density at radius 2 is 1.78 bits per heavy atom. The van der Waals surface area contributed by atoms with Gasteiger partial charge in [0.25, 0.3) is 11.8 Å². The van der Waals surface area contributed by atoms with E-state index in [4.69, 9.17) is 5.73 Å². The summed E-state index contributed by atoms with van der Waals surface area (Å²) in [4.78, 5) is 23.9. The number of primary amides is 1. The molecule has 27 heavy (non-hydrogen) atoms. The number of hydrogen-bond acceptors (Lipinski definition) is 5. The van der Waals surface area contributed by atoms with E-state index in [2.05, 4.69) is 5.32 Å². The second kappa shape index (κ2) is 7.79. The van der Waals surface area contributed by atoms with E-state index in [1.807, 2.05) is 0 Å². The highest BCUT2D eigenvalue weighted by Gasteiger charge is 2.30. The lowest BCUT2D eigenvalue weighted by molar-refractivity contribution is 0.100. The van der Waals surface area contributed by atoms with Gasteiger partial charge in [0.1, 0.15) is 5.00 Å². The molecular formula is C18H21N3O4S2. The summed E-state index contributed by atoms with van der Waals surface area (Å²) in [7, 11) is -1.99. The van der Waals surface area contributed by atoms with E-state index in [-0.39, 0.29) is 16.5 Å². The Kier molecular flexibility index (Phi) is 5.64. The smallest absolute Gasteiger partial charge is 0.256 e. The zero-order valence-electron chi connectivity index (χ0n) is 14.8. The average molecular weight is 408 g/mol. The number of benzene rings is 1. The van der Waals surface area contributed by atoms with E-state index in [1.54, 1.807) is 12.4 Å². The zero-order chi connectivity index (χ0) is 19.6. The first-order chi connectivity index (χ1) is 12.8. The average Bonchev–Trinajstić information content (AvgIpc) is 3.33. The van der Waals surface area contributed by atoms with Crippen LogP contribution in [0.1, 0.15) is 46.4 Å². The minimum Gasteiger partial charge on any atom is -0.366 e. The molecule has 0 bridgehead atoms. The number of anilines is 1. The molecule has 2 amide bonds. The Morgan fingerprint density at radius 1 is 1.15 bits per heavy atom. The standard InChI is InChI=1S/C18H21N3O4S2/c1-21(13-4-2-3-5-13)27(24,25)14-8-6-12(7-9-14)17(23)20-18-15(16(19)22)10-11-26-18/h6-11,13H,2-5H2,1H3,(H2,19,22)(H,20,23). The molecule has 1 aromatic carbocycles. The molecule has 0 radical (unpaired) electrons. The van der Waals surface area contributed by atoms with Gasteiger partial charge in [0.2, 0.25) is 10.0 Å². The minimum absolute atomic E-state index is 0.0315. The van der Waals surface area contributed by atoms with Crippen molar-refractivity contribution in [2.24, 2.45) is 5.73 Å². The van der Waals surface area contributed by atoms with Crippen LogP contribution in [0.5, 0.6) is 0 Å². The van der Waals surface area contributed by atoms with Gasteiger partial charge in [-0.15, -0.1) is 11.3 Å². The lowest BCUT2D eigenvalue weighted by Crippen LogP contribution is -2.35. The van der Waals surface area contributed by atoms with Gasteiger partial charge in [-0.2, -0.15) is 4.31 Å². The number of sulfonamides is 1. The van der Waals surface area contributed by atoms with Gasteiger partial charge < -0.3 is 11.1 Å². The van der Waals surface area contributed by atoms with Crippen molar-refractivity contribution in [2.75, 3.05) is 12.4 Å². The first-order valence-corrected chi connectivity index (χ1v) is 10.9. The fourth-order valence-electron chi connectivity index (χ4n) is 3.18. The highest BCUT2D eigenvalue weighted by atomic mass is 32.2. The number of nitrogens with zero attached hydrogens (tertiary/aromatic N) is 1. The lowest BCUT2D eigenvalue weighted by atomic mass is 10.2. The quantitative estimate of drug-likeness (QED) is 0.767. The van der Waals surface area contributed by atoms with E-state index in [1.165, 1.54) is 46.0 Å². The summed E-state index contributed by atoms with van der Waals surface area (Å²) in [5.74, 6) is -1.06. The van der Waals surface area contributed by atoms with E-state index < -0.39 is 21.8 Å². The van der Waals surface area contributed by atoms with Crippen LogP contribution in [0, 0.1) is 0 Å². The number of nitrogens with two attached hydrogens (primary N) is 1. The summed E-state index contributed by atoms with van der Waals surface area (Å²) in [6.07, 6.45) is 3.83. The molecule has 1 heterocycles. The van der Waals surface area contributed by atoms with Crippen LogP contribution in [0.15, 0.2) is 40.6 Å². The van der Waals surface area contributed by atoms with Gasteiger partial charge in [-0.25, -0.2) is 8.42 Å². The van der Waals surface area contributed by atoms with Crippen molar-refractivity contribution in [1.82, 2.24) is 4.31 Å². The maximum Gasteiger partial charge on any atom is 0.256 e. The number of carbonyl (C=O) groups is 2.